The average molecular weight is 306 g/mol. The third kappa shape index (κ3) is 5.04. The third-order valence-corrected chi connectivity index (χ3v) is 4.93. The minimum Gasteiger partial charge on any atom is -0.342 e. The van der Waals surface area contributed by atoms with Gasteiger partial charge in [0.2, 0.25) is 5.91 Å². The van der Waals surface area contributed by atoms with Gasteiger partial charge in [0, 0.05) is 24.0 Å². The van der Waals surface area contributed by atoms with Crippen LogP contribution in [-0.4, -0.2) is 36.2 Å². The predicted octanol–water partition coefficient (Wildman–Crippen LogP) is 3.46. The van der Waals surface area contributed by atoms with Crippen LogP contribution in [0.15, 0.2) is 29.2 Å². The van der Waals surface area contributed by atoms with Crippen molar-refractivity contribution in [1.82, 2.24) is 10.2 Å². The maximum Gasteiger partial charge on any atom is 0.232 e. The predicted molar refractivity (Wildman–Crippen MR) is 89.7 cm³/mol. The number of nitrogens with one attached hydrogen (secondary N) is 1. The van der Waals surface area contributed by atoms with Crippen LogP contribution in [0.5, 0.6) is 0 Å². The molecule has 0 saturated heterocycles. The number of thioether (sulfide) groups is 1. The van der Waals surface area contributed by atoms with Crippen molar-refractivity contribution in [2.24, 2.45) is 0 Å². The second-order valence-electron chi connectivity index (χ2n) is 5.77. The van der Waals surface area contributed by atoms with Crippen LogP contribution in [-0.2, 0) is 4.79 Å². The van der Waals surface area contributed by atoms with Crippen molar-refractivity contribution in [3.05, 3.63) is 29.8 Å². The first-order chi connectivity index (χ1) is 10.1. The highest BCUT2D eigenvalue weighted by atomic mass is 32.2. The van der Waals surface area contributed by atoms with Gasteiger partial charge in [-0.2, -0.15) is 0 Å². The summed E-state index contributed by atoms with van der Waals surface area (Å²) in [4.78, 5) is 15.1. The molecular formula is C17H26N2OS. The number of carbonyl (C=O) groups excluding carboxylic acids is 1. The molecule has 0 aromatic heterocycles. The van der Waals surface area contributed by atoms with E-state index < -0.39 is 0 Å². The molecule has 1 amide bonds. The van der Waals surface area contributed by atoms with Gasteiger partial charge in [0.25, 0.3) is 0 Å². The summed E-state index contributed by atoms with van der Waals surface area (Å²) in [5.41, 5.74) is 1.30. The van der Waals surface area contributed by atoms with Crippen molar-refractivity contribution >= 4 is 17.7 Å². The van der Waals surface area contributed by atoms with Crippen LogP contribution in [0.3, 0.4) is 0 Å². The van der Waals surface area contributed by atoms with E-state index in [0.717, 1.165) is 13.0 Å². The van der Waals surface area contributed by atoms with Gasteiger partial charge >= 0.3 is 0 Å². The maximum atomic E-state index is 12.0. The van der Waals surface area contributed by atoms with Gasteiger partial charge in [-0.05, 0) is 50.4 Å². The summed E-state index contributed by atoms with van der Waals surface area (Å²) in [6.45, 7) is 5.40. The number of rotatable bonds is 8. The summed E-state index contributed by atoms with van der Waals surface area (Å²) in [5.74, 6) is 0.778. The van der Waals surface area contributed by atoms with E-state index in [0.29, 0.717) is 17.8 Å². The summed E-state index contributed by atoms with van der Waals surface area (Å²) in [6, 6.07) is 9.44. The van der Waals surface area contributed by atoms with Gasteiger partial charge in [-0.3, -0.25) is 4.79 Å². The first-order valence-corrected chi connectivity index (χ1v) is 8.82. The molecule has 21 heavy (non-hydrogen) atoms. The van der Waals surface area contributed by atoms with Crippen LogP contribution in [0.4, 0.5) is 0 Å². The fourth-order valence-electron chi connectivity index (χ4n) is 2.24. The lowest BCUT2D eigenvalue weighted by Crippen LogP contribution is -2.30. The van der Waals surface area contributed by atoms with Gasteiger partial charge in [0.05, 0.1) is 5.75 Å². The second-order valence-corrected chi connectivity index (χ2v) is 6.82. The lowest BCUT2D eigenvalue weighted by atomic mass is 10.1. The van der Waals surface area contributed by atoms with E-state index in [1.54, 1.807) is 11.8 Å². The Morgan fingerprint density at radius 3 is 2.62 bits per heavy atom. The molecule has 1 saturated carbocycles. The molecule has 3 nitrogen and oxygen atoms in total. The van der Waals surface area contributed by atoms with Crippen molar-refractivity contribution in [2.45, 2.75) is 50.1 Å². The Morgan fingerprint density at radius 1 is 1.38 bits per heavy atom. The molecule has 1 aromatic rings. The highest BCUT2D eigenvalue weighted by Crippen LogP contribution is 2.27. The normalized spacial score (nSPS) is 15.8. The molecule has 0 spiro atoms. The van der Waals surface area contributed by atoms with Crippen molar-refractivity contribution in [3.63, 3.8) is 0 Å². The molecule has 0 bridgehead atoms. The fourth-order valence-corrected chi connectivity index (χ4v) is 3.07. The van der Waals surface area contributed by atoms with E-state index in [1.807, 2.05) is 11.9 Å². The maximum absolute atomic E-state index is 12.0. The first-order valence-electron chi connectivity index (χ1n) is 7.83. The quantitative estimate of drug-likeness (QED) is 0.747. The molecule has 1 aliphatic rings. The monoisotopic (exact) mass is 306 g/mol. The molecule has 0 aliphatic heterocycles. The summed E-state index contributed by atoms with van der Waals surface area (Å²) in [7, 11) is 1.92. The molecule has 1 aromatic carbocycles. The van der Waals surface area contributed by atoms with Crippen LogP contribution >= 0.6 is 11.8 Å². The molecule has 1 aliphatic carbocycles. The Labute approximate surface area is 132 Å². The Hall–Kier alpha value is -1.00. The van der Waals surface area contributed by atoms with Crippen molar-refractivity contribution < 1.29 is 4.79 Å². The number of benzene rings is 1. The minimum absolute atomic E-state index is 0.240. The van der Waals surface area contributed by atoms with Crippen LogP contribution in [0.2, 0.25) is 0 Å². The van der Waals surface area contributed by atoms with Crippen molar-refractivity contribution in [3.8, 4) is 0 Å². The van der Waals surface area contributed by atoms with Gasteiger partial charge in [0.1, 0.15) is 0 Å². The van der Waals surface area contributed by atoms with Crippen LogP contribution in [0.1, 0.15) is 44.7 Å². The fraction of sp³-hybridized carbons (Fsp3) is 0.588. The van der Waals surface area contributed by atoms with Gasteiger partial charge < -0.3 is 10.2 Å². The highest BCUT2D eigenvalue weighted by Gasteiger charge is 2.29. The highest BCUT2D eigenvalue weighted by molar-refractivity contribution is 8.00. The van der Waals surface area contributed by atoms with Crippen molar-refractivity contribution in [1.29, 1.82) is 0 Å². The smallest absolute Gasteiger partial charge is 0.232 e. The van der Waals surface area contributed by atoms with Crippen molar-refractivity contribution in [2.75, 3.05) is 19.3 Å². The molecule has 4 heteroatoms. The lowest BCUT2D eigenvalue weighted by Gasteiger charge is -2.16. The summed E-state index contributed by atoms with van der Waals surface area (Å²) < 4.78 is 0. The summed E-state index contributed by atoms with van der Waals surface area (Å²) in [6.07, 6.45) is 3.49. The van der Waals surface area contributed by atoms with Crippen LogP contribution < -0.4 is 5.32 Å². The van der Waals surface area contributed by atoms with Gasteiger partial charge in [-0.15, -0.1) is 11.8 Å². The van der Waals surface area contributed by atoms with E-state index in [-0.39, 0.29) is 5.91 Å². The Balaban J connectivity index is 1.80. The molecule has 116 valence electrons. The van der Waals surface area contributed by atoms with Gasteiger partial charge in [-0.25, -0.2) is 0 Å². The molecule has 1 fully saturated rings. The average Bonchev–Trinajstić information content (AvgIpc) is 3.34. The number of hydrogen-bond donors (Lipinski definition) is 1. The minimum atomic E-state index is 0.240. The molecule has 1 N–H and O–H groups in total. The van der Waals surface area contributed by atoms with E-state index in [1.165, 1.54) is 23.3 Å². The van der Waals surface area contributed by atoms with Gasteiger partial charge in [-0.1, -0.05) is 19.1 Å². The number of carbonyl (C=O) groups is 1. The van der Waals surface area contributed by atoms with E-state index in [4.69, 9.17) is 0 Å². The Morgan fingerprint density at radius 2 is 2.05 bits per heavy atom. The summed E-state index contributed by atoms with van der Waals surface area (Å²) in [5, 5.41) is 3.49. The molecule has 1 unspecified atom stereocenters. The molecular weight excluding hydrogens is 280 g/mol. The largest absolute Gasteiger partial charge is 0.342 e. The zero-order valence-corrected chi connectivity index (χ0v) is 14.1. The zero-order valence-electron chi connectivity index (χ0n) is 13.3. The molecule has 0 radical (unpaired) electrons. The van der Waals surface area contributed by atoms with E-state index in [2.05, 4.69) is 43.4 Å². The molecule has 2 rings (SSSR count). The topological polar surface area (TPSA) is 32.3 Å². The molecule has 0 heterocycles. The van der Waals surface area contributed by atoms with E-state index in [9.17, 15) is 4.79 Å². The number of nitrogens with zero attached hydrogens (tertiary/aromatic N) is 1. The van der Waals surface area contributed by atoms with E-state index >= 15 is 0 Å². The summed E-state index contributed by atoms with van der Waals surface area (Å²) >= 11 is 1.63. The standard InChI is InChI=1S/C17H26N2OS/c1-4-11-18-13(2)14-5-9-16(10-6-14)21-12-17(20)19(3)15-7-8-15/h5-6,9-10,13,15,18H,4,7-8,11-12H2,1-3H3. The first kappa shape index (κ1) is 16.4. The lowest BCUT2D eigenvalue weighted by molar-refractivity contribution is -0.127. The SMILES string of the molecule is CCCNC(C)c1ccc(SCC(=O)N(C)C2CC2)cc1. The zero-order chi connectivity index (χ0) is 15.2. The molecule has 1 atom stereocenters. The van der Waals surface area contributed by atoms with Crippen LogP contribution in [0, 0.1) is 0 Å². The number of hydrogen-bond acceptors (Lipinski definition) is 3. The van der Waals surface area contributed by atoms with Gasteiger partial charge in [0.15, 0.2) is 0 Å². The second kappa shape index (κ2) is 7.85. The Bertz CT molecular complexity index is 456. The van der Waals surface area contributed by atoms with Crippen LogP contribution in [0.25, 0.3) is 0 Å². The number of amides is 1. The Kier molecular flexibility index (Phi) is 6.12. The third-order valence-electron chi connectivity index (χ3n) is 3.93.